The molecule has 0 heterocycles. The maximum atomic E-state index is 6.20. The Morgan fingerprint density at radius 1 is 0.508 bits per heavy atom. The predicted molar refractivity (Wildman–Crippen MR) is 254 cm³/mol. The van der Waals surface area contributed by atoms with Crippen LogP contribution in [0.15, 0.2) is 204 Å². The van der Waals surface area contributed by atoms with Gasteiger partial charge in [-0.05, 0) is 118 Å². The minimum absolute atomic E-state index is 0.757. The van der Waals surface area contributed by atoms with Crippen molar-refractivity contribution in [3.63, 3.8) is 0 Å². The summed E-state index contributed by atoms with van der Waals surface area (Å²) in [6.07, 6.45) is 7.62. The van der Waals surface area contributed by atoms with Crippen molar-refractivity contribution in [2.24, 2.45) is 10.9 Å². The maximum absolute atomic E-state index is 6.20. The van der Waals surface area contributed by atoms with E-state index in [0.29, 0.717) is 0 Å². The highest BCUT2D eigenvalue weighted by Crippen LogP contribution is 2.40. The Bertz CT molecular complexity index is 2640. The topological polar surface area (TPSA) is 38.4 Å². The Balaban J connectivity index is 0.000000527. The Kier molecular flexibility index (Phi) is 13.1. The van der Waals surface area contributed by atoms with Crippen LogP contribution in [0.4, 0.5) is 0 Å². The van der Waals surface area contributed by atoms with E-state index in [2.05, 4.69) is 196 Å². The summed E-state index contributed by atoms with van der Waals surface area (Å²) in [5, 5.41) is 4.42. The lowest BCUT2D eigenvalue weighted by Crippen LogP contribution is -2.06. The van der Waals surface area contributed by atoms with Gasteiger partial charge in [0.25, 0.3) is 0 Å². The SMILES string of the molecule is CC.CC1=C(c2cccc(-c3cccc(-c4ccc5c(c4)CC(=C(/c4ccccc4)c4ccc(-c6ccccc6)cc4)/C5=N\N)c3)c2C)C=CCC1.Cc1ccccc1. The first-order chi connectivity index (χ1) is 29.0. The van der Waals surface area contributed by atoms with Crippen molar-refractivity contribution in [1.29, 1.82) is 0 Å². The van der Waals surface area contributed by atoms with Gasteiger partial charge in [-0.1, -0.05) is 207 Å². The zero-order valence-corrected chi connectivity index (χ0v) is 35.0. The number of allylic oxidation sites excluding steroid dienone is 5. The molecule has 292 valence electrons. The van der Waals surface area contributed by atoms with Gasteiger partial charge in [-0.3, -0.25) is 0 Å². The summed E-state index contributed by atoms with van der Waals surface area (Å²) in [7, 11) is 0. The van der Waals surface area contributed by atoms with Gasteiger partial charge in [0, 0.05) is 12.0 Å². The van der Waals surface area contributed by atoms with Gasteiger partial charge in [-0.15, -0.1) is 0 Å². The van der Waals surface area contributed by atoms with Crippen LogP contribution in [-0.2, 0) is 6.42 Å². The van der Waals surface area contributed by atoms with Gasteiger partial charge in [0.2, 0.25) is 0 Å². The van der Waals surface area contributed by atoms with Gasteiger partial charge in [0.05, 0.1) is 5.71 Å². The highest BCUT2D eigenvalue weighted by molar-refractivity contribution is 6.21. The molecule has 0 saturated carbocycles. The molecule has 0 saturated heterocycles. The van der Waals surface area contributed by atoms with E-state index in [4.69, 9.17) is 5.84 Å². The fourth-order valence-electron chi connectivity index (χ4n) is 8.26. The Hall–Kier alpha value is -6.77. The van der Waals surface area contributed by atoms with Crippen LogP contribution >= 0.6 is 0 Å². The molecule has 0 aliphatic heterocycles. The van der Waals surface area contributed by atoms with E-state index in [1.165, 1.54) is 72.4 Å². The highest BCUT2D eigenvalue weighted by Gasteiger charge is 2.28. The van der Waals surface area contributed by atoms with E-state index < -0.39 is 0 Å². The van der Waals surface area contributed by atoms with Crippen LogP contribution in [0, 0.1) is 13.8 Å². The lowest BCUT2D eigenvalue weighted by molar-refractivity contribution is 0.967. The summed E-state index contributed by atoms with van der Waals surface area (Å²) in [4.78, 5) is 0. The summed E-state index contributed by atoms with van der Waals surface area (Å²) in [5.41, 5.74) is 22.0. The van der Waals surface area contributed by atoms with Gasteiger partial charge < -0.3 is 5.84 Å². The molecule has 2 nitrogen and oxygen atoms in total. The average Bonchev–Trinajstić information content (AvgIpc) is 3.66. The molecule has 0 bridgehead atoms. The van der Waals surface area contributed by atoms with Gasteiger partial charge in [-0.25, -0.2) is 0 Å². The van der Waals surface area contributed by atoms with Crippen LogP contribution in [-0.4, -0.2) is 5.71 Å². The van der Waals surface area contributed by atoms with Crippen molar-refractivity contribution in [2.75, 3.05) is 0 Å². The highest BCUT2D eigenvalue weighted by atomic mass is 15.1. The number of hydrazone groups is 1. The van der Waals surface area contributed by atoms with Crippen molar-refractivity contribution in [1.82, 2.24) is 0 Å². The molecule has 2 heteroatoms. The van der Waals surface area contributed by atoms with Crippen LogP contribution < -0.4 is 5.84 Å². The Morgan fingerprint density at radius 3 is 1.73 bits per heavy atom. The lowest BCUT2D eigenvalue weighted by Gasteiger charge is -2.18. The number of hydrogen-bond acceptors (Lipinski definition) is 2. The Labute approximate surface area is 351 Å². The standard InChI is InChI=1S/C48H40N2.C7H8.C2H6/c1-32-13-9-10-20-42(32)44-22-12-21-43(33(44)2)40-19-11-18-38(29-40)39-27-28-45-41(30-39)31-46(48(45)50-49)47(36-16-7-4-8-17-36)37-25-23-35(24-26-37)34-14-5-3-6-15-34;1-7-5-3-2-4-6-7;1-2/h3-8,10-12,14-30H,9,13,31,49H2,1-2H3;2-6H,1H3;1-2H3/b47-46+,50-48-;;. The molecule has 0 spiro atoms. The third-order valence-electron chi connectivity index (χ3n) is 11.3. The van der Waals surface area contributed by atoms with Crippen LogP contribution in [0.3, 0.4) is 0 Å². The second-order valence-electron chi connectivity index (χ2n) is 15.0. The number of aryl methyl sites for hydroxylation is 1. The zero-order valence-electron chi connectivity index (χ0n) is 35.0. The largest absolute Gasteiger partial charge is 0.323 e. The van der Waals surface area contributed by atoms with Gasteiger partial charge in [0.1, 0.15) is 0 Å². The minimum atomic E-state index is 0.757. The zero-order chi connectivity index (χ0) is 41.1. The van der Waals surface area contributed by atoms with Crippen LogP contribution in [0.2, 0.25) is 0 Å². The predicted octanol–water partition coefficient (Wildman–Crippen LogP) is 14.9. The number of benzene rings is 7. The van der Waals surface area contributed by atoms with E-state index in [1.54, 1.807) is 0 Å². The summed E-state index contributed by atoms with van der Waals surface area (Å²) in [6, 6.07) is 62.7. The van der Waals surface area contributed by atoms with E-state index in [9.17, 15) is 0 Å². The molecule has 7 aromatic carbocycles. The molecule has 59 heavy (non-hydrogen) atoms. The number of fused-ring (bicyclic) bond motifs is 1. The fraction of sp³-hybridized carbons (Fsp3) is 0.140. The van der Waals surface area contributed by atoms with Crippen molar-refractivity contribution in [3.05, 3.63) is 238 Å². The molecule has 0 amide bonds. The van der Waals surface area contributed by atoms with Crippen LogP contribution in [0.1, 0.15) is 72.6 Å². The van der Waals surface area contributed by atoms with Crippen molar-refractivity contribution in [3.8, 4) is 33.4 Å². The third kappa shape index (κ3) is 9.03. The summed E-state index contributed by atoms with van der Waals surface area (Å²) < 4.78 is 0. The minimum Gasteiger partial charge on any atom is -0.323 e. The molecule has 7 aromatic rings. The first-order valence-electron chi connectivity index (χ1n) is 20.9. The Morgan fingerprint density at radius 2 is 1.07 bits per heavy atom. The molecule has 0 atom stereocenters. The molecule has 0 fully saturated rings. The number of nitrogens with zero attached hydrogens (tertiary/aromatic N) is 1. The molecule has 9 rings (SSSR count). The van der Waals surface area contributed by atoms with Gasteiger partial charge in [0.15, 0.2) is 0 Å². The second kappa shape index (κ2) is 19.1. The van der Waals surface area contributed by atoms with E-state index in [0.717, 1.165) is 47.2 Å². The molecule has 0 aromatic heterocycles. The average molecular weight is 767 g/mol. The maximum Gasteiger partial charge on any atom is 0.0943 e. The van der Waals surface area contributed by atoms with Crippen molar-refractivity contribution < 1.29 is 0 Å². The molecule has 2 aliphatic rings. The fourth-order valence-corrected chi connectivity index (χ4v) is 8.26. The monoisotopic (exact) mass is 766 g/mol. The summed E-state index contributed by atoms with van der Waals surface area (Å²) in [5.74, 6) is 6.20. The van der Waals surface area contributed by atoms with Crippen LogP contribution in [0.5, 0.6) is 0 Å². The van der Waals surface area contributed by atoms with E-state index in [-0.39, 0.29) is 0 Å². The van der Waals surface area contributed by atoms with Gasteiger partial charge >= 0.3 is 0 Å². The molecule has 0 unspecified atom stereocenters. The normalized spacial score (nSPS) is 14.5. The quantitative estimate of drug-likeness (QED) is 0.133. The molecule has 2 N–H and O–H groups in total. The molecule has 2 aliphatic carbocycles. The molecule has 0 radical (unpaired) electrons. The van der Waals surface area contributed by atoms with Crippen LogP contribution in [0.25, 0.3) is 44.5 Å². The lowest BCUT2D eigenvalue weighted by atomic mass is 9.87. The smallest absolute Gasteiger partial charge is 0.0943 e. The summed E-state index contributed by atoms with van der Waals surface area (Å²) in [6.45, 7) is 10.6. The van der Waals surface area contributed by atoms with E-state index >= 15 is 0 Å². The third-order valence-corrected chi connectivity index (χ3v) is 11.3. The van der Waals surface area contributed by atoms with Crippen molar-refractivity contribution in [2.45, 2.75) is 53.9 Å². The molecular weight excluding hydrogens is 713 g/mol. The van der Waals surface area contributed by atoms with Crippen molar-refractivity contribution >= 4 is 16.9 Å². The van der Waals surface area contributed by atoms with E-state index in [1.807, 2.05) is 32.0 Å². The summed E-state index contributed by atoms with van der Waals surface area (Å²) >= 11 is 0. The number of nitrogens with two attached hydrogens (primary N) is 1. The first kappa shape index (κ1) is 40.4. The van der Waals surface area contributed by atoms with Gasteiger partial charge in [-0.2, -0.15) is 5.10 Å². The number of rotatable bonds is 6. The molecular formula is C57H54N2. The number of hydrogen-bond donors (Lipinski definition) is 1. The second-order valence-corrected chi connectivity index (χ2v) is 15.0. The first-order valence-corrected chi connectivity index (χ1v) is 20.9.